The maximum atomic E-state index is 14.8. The van der Waals surface area contributed by atoms with Crippen LogP contribution in [0.15, 0.2) is 60.7 Å². The van der Waals surface area contributed by atoms with Crippen LogP contribution in [0.1, 0.15) is 21.5 Å². The molecule has 0 saturated carbocycles. The molecule has 3 aromatic rings. The van der Waals surface area contributed by atoms with E-state index in [1.807, 2.05) is 0 Å². The molecule has 0 bridgehead atoms. The highest BCUT2D eigenvalue weighted by Gasteiger charge is 2.49. The quantitative estimate of drug-likeness (QED) is 0.128. The summed E-state index contributed by atoms with van der Waals surface area (Å²) in [5, 5.41) is 11.6. The molecule has 0 aromatic heterocycles. The van der Waals surface area contributed by atoms with E-state index < -0.39 is 18.4 Å². The van der Waals surface area contributed by atoms with E-state index in [4.69, 9.17) is 14.0 Å². The molecule has 0 radical (unpaired) electrons. The first-order chi connectivity index (χ1) is 19.1. The Morgan fingerprint density at radius 1 is 0.950 bits per heavy atom. The molecule has 1 amide bonds. The summed E-state index contributed by atoms with van der Waals surface area (Å²) in [6.45, 7) is 2.86. The SMILES string of the molecule is CN(C)C(=O)c1ccc(Oc2cc(COc3ccc(COP(=O)(N4CC4)N4CC4)cc3F)ccc2[N+](=O)[O-])cc1. The molecule has 0 unspecified atom stereocenters. The van der Waals surface area contributed by atoms with Crippen LogP contribution in [0.2, 0.25) is 0 Å². The molecule has 2 aliphatic heterocycles. The molecule has 3 aromatic carbocycles. The molecule has 0 N–H and O–H groups in total. The molecule has 2 aliphatic rings. The first-order valence-corrected chi connectivity index (χ1v) is 14.1. The average Bonchev–Trinajstić information content (AvgIpc) is 3.83. The summed E-state index contributed by atoms with van der Waals surface area (Å²) in [5.74, 6) is -0.516. The van der Waals surface area contributed by atoms with Gasteiger partial charge < -0.3 is 18.9 Å². The number of nitro groups is 1. The zero-order valence-electron chi connectivity index (χ0n) is 22.0. The predicted molar refractivity (Wildman–Crippen MR) is 144 cm³/mol. The first kappa shape index (κ1) is 27.7. The number of benzene rings is 3. The predicted octanol–water partition coefficient (Wildman–Crippen LogP) is 5.06. The molecule has 210 valence electrons. The van der Waals surface area contributed by atoms with Crippen LogP contribution in [0.3, 0.4) is 0 Å². The summed E-state index contributed by atoms with van der Waals surface area (Å²) in [4.78, 5) is 24.5. The number of nitrogens with zero attached hydrogens (tertiary/aromatic N) is 4. The third-order valence-electron chi connectivity index (χ3n) is 6.31. The van der Waals surface area contributed by atoms with Crippen molar-refractivity contribution in [2.45, 2.75) is 13.2 Å². The van der Waals surface area contributed by atoms with Crippen LogP contribution in [0.5, 0.6) is 17.2 Å². The van der Waals surface area contributed by atoms with Crippen molar-refractivity contribution in [2.75, 3.05) is 40.3 Å². The zero-order valence-corrected chi connectivity index (χ0v) is 22.9. The third kappa shape index (κ3) is 6.31. The summed E-state index contributed by atoms with van der Waals surface area (Å²) in [5.41, 5.74) is 1.24. The molecule has 0 aliphatic carbocycles. The second kappa shape index (κ2) is 11.3. The van der Waals surface area contributed by atoms with Gasteiger partial charge in [0.1, 0.15) is 12.4 Å². The first-order valence-electron chi connectivity index (χ1n) is 12.6. The van der Waals surface area contributed by atoms with Crippen molar-refractivity contribution in [3.63, 3.8) is 0 Å². The summed E-state index contributed by atoms with van der Waals surface area (Å²) >= 11 is 0. The number of amides is 1. The number of rotatable bonds is 12. The molecular weight excluding hydrogens is 542 g/mol. The second-order valence-electron chi connectivity index (χ2n) is 9.61. The molecule has 40 heavy (non-hydrogen) atoms. The van der Waals surface area contributed by atoms with Gasteiger partial charge in [0.15, 0.2) is 11.6 Å². The van der Waals surface area contributed by atoms with Crippen molar-refractivity contribution in [2.24, 2.45) is 0 Å². The zero-order chi connectivity index (χ0) is 28.4. The lowest BCUT2D eigenvalue weighted by Crippen LogP contribution is -2.21. The van der Waals surface area contributed by atoms with Gasteiger partial charge in [0, 0.05) is 51.9 Å². The van der Waals surface area contributed by atoms with Gasteiger partial charge in [0.25, 0.3) is 5.91 Å². The minimum atomic E-state index is -3.00. The largest absolute Gasteiger partial charge is 0.486 e. The van der Waals surface area contributed by atoms with E-state index in [-0.39, 0.29) is 36.3 Å². The fourth-order valence-corrected chi connectivity index (χ4v) is 6.13. The van der Waals surface area contributed by atoms with Gasteiger partial charge in [-0.05, 0) is 59.7 Å². The summed E-state index contributed by atoms with van der Waals surface area (Å²) in [7, 11) is 0.274. The van der Waals surface area contributed by atoms with E-state index in [0.717, 1.165) is 26.2 Å². The summed E-state index contributed by atoms with van der Waals surface area (Å²) < 4.78 is 48.5. The Morgan fingerprint density at radius 3 is 2.15 bits per heavy atom. The van der Waals surface area contributed by atoms with E-state index in [2.05, 4.69) is 0 Å². The molecule has 2 heterocycles. The normalized spacial score (nSPS) is 15.0. The molecule has 2 saturated heterocycles. The number of halogens is 1. The van der Waals surface area contributed by atoms with E-state index in [1.54, 1.807) is 53.8 Å². The van der Waals surface area contributed by atoms with Crippen molar-refractivity contribution < 1.29 is 32.7 Å². The van der Waals surface area contributed by atoms with Gasteiger partial charge in [-0.25, -0.2) is 13.7 Å². The van der Waals surface area contributed by atoms with Crippen LogP contribution in [0.4, 0.5) is 10.1 Å². The van der Waals surface area contributed by atoms with Gasteiger partial charge in [0.05, 0.1) is 11.5 Å². The lowest BCUT2D eigenvalue weighted by atomic mass is 10.2. The highest BCUT2D eigenvalue weighted by molar-refractivity contribution is 7.54. The highest BCUT2D eigenvalue weighted by Crippen LogP contribution is 2.61. The maximum Gasteiger partial charge on any atom is 0.346 e. The summed E-state index contributed by atoms with van der Waals surface area (Å²) in [6.07, 6.45) is 0. The Hall–Kier alpha value is -3.83. The molecule has 0 atom stereocenters. The third-order valence-corrected chi connectivity index (χ3v) is 9.00. The van der Waals surface area contributed by atoms with Crippen molar-refractivity contribution in [3.8, 4) is 17.2 Å². The number of nitro benzene ring substituents is 1. The summed E-state index contributed by atoms with van der Waals surface area (Å²) in [6, 6.07) is 14.9. The van der Waals surface area contributed by atoms with Crippen LogP contribution < -0.4 is 9.47 Å². The van der Waals surface area contributed by atoms with Gasteiger partial charge in [0.2, 0.25) is 5.75 Å². The second-order valence-corrected chi connectivity index (χ2v) is 12.0. The smallest absolute Gasteiger partial charge is 0.346 e. The minimum Gasteiger partial charge on any atom is -0.486 e. The van der Waals surface area contributed by atoms with Crippen LogP contribution in [-0.2, 0) is 22.3 Å². The number of carbonyl (C=O) groups excluding carboxylic acids is 1. The fourth-order valence-electron chi connectivity index (χ4n) is 3.94. The topological polar surface area (TPSA) is 114 Å². The van der Waals surface area contributed by atoms with Gasteiger partial charge in [-0.2, -0.15) is 0 Å². The number of hydrogen-bond donors (Lipinski definition) is 0. The van der Waals surface area contributed by atoms with E-state index in [1.165, 1.54) is 35.2 Å². The molecular formula is C27H28FN4O7P. The van der Waals surface area contributed by atoms with E-state index in [0.29, 0.717) is 22.4 Å². The molecule has 13 heteroatoms. The van der Waals surface area contributed by atoms with E-state index >= 15 is 0 Å². The fraction of sp³-hybridized carbons (Fsp3) is 0.296. The van der Waals surface area contributed by atoms with Gasteiger partial charge in [-0.1, -0.05) is 6.07 Å². The maximum absolute atomic E-state index is 14.8. The van der Waals surface area contributed by atoms with Gasteiger partial charge in [-0.3, -0.25) is 19.5 Å². The van der Waals surface area contributed by atoms with Gasteiger partial charge >= 0.3 is 13.4 Å². The Morgan fingerprint density at radius 2 is 1.57 bits per heavy atom. The van der Waals surface area contributed by atoms with Crippen molar-refractivity contribution >= 4 is 19.3 Å². The Labute approximate surface area is 230 Å². The Bertz CT molecular complexity index is 1460. The molecule has 0 spiro atoms. The van der Waals surface area contributed by atoms with Crippen molar-refractivity contribution in [1.82, 2.24) is 14.2 Å². The standard InChI is InChI=1S/C27H28FN4O7P/c1-29(2)27(33)21-5-7-22(8-6-21)39-26-16-20(3-9-24(26)32(34)35)17-37-25-10-4-19(15-23(25)28)18-38-40(36,30-11-12-30)31-13-14-31/h3-10,15-16H,11-14,17-18H2,1-2H3. The number of carbonyl (C=O) groups is 1. The lowest BCUT2D eigenvalue weighted by molar-refractivity contribution is -0.385. The average molecular weight is 571 g/mol. The van der Waals surface area contributed by atoms with Crippen LogP contribution in [-0.4, -0.2) is 65.3 Å². The minimum absolute atomic E-state index is 0.00853. The molecule has 2 fully saturated rings. The monoisotopic (exact) mass is 570 g/mol. The van der Waals surface area contributed by atoms with Crippen LogP contribution in [0.25, 0.3) is 0 Å². The molecule has 11 nitrogen and oxygen atoms in total. The van der Waals surface area contributed by atoms with Crippen molar-refractivity contribution in [3.05, 3.63) is 93.3 Å². The van der Waals surface area contributed by atoms with Gasteiger partial charge in [-0.15, -0.1) is 0 Å². The Kier molecular flexibility index (Phi) is 7.86. The lowest BCUT2D eigenvalue weighted by Gasteiger charge is -2.19. The highest BCUT2D eigenvalue weighted by atomic mass is 31.2. The van der Waals surface area contributed by atoms with Crippen LogP contribution >= 0.6 is 7.67 Å². The molecule has 5 rings (SSSR count). The van der Waals surface area contributed by atoms with Crippen LogP contribution in [0, 0.1) is 15.9 Å². The number of hydrogen-bond acceptors (Lipinski definition) is 7. The van der Waals surface area contributed by atoms with E-state index in [9.17, 15) is 23.9 Å². The van der Waals surface area contributed by atoms with Crippen molar-refractivity contribution in [1.29, 1.82) is 0 Å². The Balaban J connectivity index is 1.23. The number of ether oxygens (including phenoxy) is 2.